The van der Waals surface area contributed by atoms with Gasteiger partial charge in [-0.15, -0.1) is 11.8 Å². The van der Waals surface area contributed by atoms with Crippen molar-refractivity contribution in [2.24, 2.45) is 5.92 Å². The monoisotopic (exact) mass is 494 g/mol. The molecular formula is C25H32Cl2N2O2S. The third-order valence-electron chi connectivity index (χ3n) is 5.21. The molecule has 2 amide bonds. The van der Waals surface area contributed by atoms with Gasteiger partial charge in [-0.25, -0.2) is 0 Å². The average Bonchev–Trinajstić information content (AvgIpc) is 2.75. The fourth-order valence-electron chi connectivity index (χ4n) is 3.31. The third-order valence-corrected chi connectivity index (χ3v) is 6.86. The molecule has 0 aromatic heterocycles. The van der Waals surface area contributed by atoms with Crippen LogP contribution in [0.25, 0.3) is 0 Å². The molecule has 2 rings (SSSR count). The first-order valence-electron chi connectivity index (χ1n) is 10.9. The van der Waals surface area contributed by atoms with Crippen molar-refractivity contribution >= 4 is 46.8 Å². The quantitative estimate of drug-likeness (QED) is 0.409. The van der Waals surface area contributed by atoms with Gasteiger partial charge >= 0.3 is 0 Å². The maximum absolute atomic E-state index is 13.3. The number of aryl methyl sites for hydroxylation is 1. The summed E-state index contributed by atoms with van der Waals surface area (Å²) in [4.78, 5) is 28.0. The fourth-order valence-corrected chi connectivity index (χ4v) is 4.95. The van der Waals surface area contributed by atoms with E-state index in [4.69, 9.17) is 23.2 Å². The second-order valence-corrected chi connectivity index (χ2v) is 10.0. The van der Waals surface area contributed by atoms with E-state index in [1.165, 1.54) is 11.8 Å². The van der Waals surface area contributed by atoms with Crippen LogP contribution in [0.1, 0.15) is 43.9 Å². The normalized spacial score (nSPS) is 12.0. The van der Waals surface area contributed by atoms with Crippen molar-refractivity contribution in [3.05, 3.63) is 69.2 Å². The molecular weight excluding hydrogens is 463 g/mol. The van der Waals surface area contributed by atoms with Gasteiger partial charge in [-0.3, -0.25) is 9.59 Å². The summed E-state index contributed by atoms with van der Waals surface area (Å²) in [6.07, 6.45) is 0.544. The Balaban J connectivity index is 2.17. The number of nitrogens with one attached hydrogen (secondary N) is 1. The first-order valence-corrected chi connectivity index (χ1v) is 12.8. The number of hydrogen-bond acceptors (Lipinski definition) is 3. The molecule has 7 heteroatoms. The second-order valence-electron chi connectivity index (χ2n) is 8.20. The van der Waals surface area contributed by atoms with Crippen LogP contribution in [0.4, 0.5) is 0 Å². The standard InChI is InChI=1S/C25H32Cl2N2O2S/c1-5-23(25(31)28-13-17(2)3)29(14-19-10-7-6-9-18(19)4)24(30)16-32-15-20-21(26)11-8-12-22(20)27/h6-12,17,23H,5,13-16H2,1-4H3,(H,28,31)/t23-/m0/s1. The summed E-state index contributed by atoms with van der Waals surface area (Å²) >= 11 is 14.0. The van der Waals surface area contributed by atoms with Gasteiger partial charge in [0.25, 0.3) is 0 Å². The van der Waals surface area contributed by atoms with Gasteiger partial charge in [0.2, 0.25) is 11.8 Å². The lowest BCUT2D eigenvalue weighted by Gasteiger charge is -2.31. The molecule has 2 aromatic carbocycles. The van der Waals surface area contributed by atoms with Crippen molar-refractivity contribution in [1.29, 1.82) is 0 Å². The van der Waals surface area contributed by atoms with Gasteiger partial charge in [-0.05, 0) is 48.1 Å². The molecule has 0 radical (unpaired) electrons. The number of carbonyl (C=O) groups is 2. The minimum atomic E-state index is -0.523. The molecule has 174 valence electrons. The Labute approximate surface area is 206 Å². The average molecular weight is 496 g/mol. The molecule has 1 N–H and O–H groups in total. The summed E-state index contributed by atoms with van der Waals surface area (Å²) in [5, 5.41) is 4.17. The van der Waals surface area contributed by atoms with Crippen molar-refractivity contribution in [2.75, 3.05) is 12.3 Å². The molecule has 0 unspecified atom stereocenters. The summed E-state index contributed by atoms with van der Waals surface area (Å²) < 4.78 is 0. The number of amides is 2. The largest absolute Gasteiger partial charge is 0.354 e. The van der Waals surface area contributed by atoms with Gasteiger partial charge in [0.15, 0.2) is 0 Å². The van der Waals surface area contributed by atoms with E-state index in [0.29, 0.717) is 41.2 Å². The fraction of sp³-hybridized carbons (Fsp3) is 0.440. The van der Waals surface area contributed by atoms with Crippen molar-refractivity contribution in [2.45, 2.75) is 52.5 Å². The molecule has 4 nitrogen and oxygen atoms in total. The molecule has 0 aliphatic heterocycles. The number of nitrogens with zero attached hydrogens (tertiary/aromatic N) is 1. The number of thioether (sulfide) groups is 1. The van der Waals surface area contributed by atoms with Crippen molar-refractivity contribution < 1.29 is 9.59 Å². The second kappa shape index (κ2) is 13.1. The van der Waals surface area contributed by atoms with E-state index in [1.54, 1.807) is 23.1 Å². The number of rotatable bonds is 11. The van der Waals surface area contributed by atoms with Crippen molar-refractivity contribution in [3.8, 4) is 0 Å². The van der Waals surface area contributed by atoms with E-state index in [2.05, 4.69) is 5.32 Å². The molecule has 0 bridgehead atoms. The zero-order valence-corrected chi connectivity index (χ0v) is 21.5. The summed E-state index contributed by atoms with van der Waals surface area (Å²) in [7, 11) is 0. The summed E-state index contributed by atoms with van der Waals surface area (Å²) in [6.45, 7) is 9.04. The minimum Gasteiger partial charge on any atom is -0.354 e. The lowest BCUT2D eigenvalue weighted by atomic mass is 10.1. The van der Waals surface area contributed by atoms with Crippen LogP contribution in [-0.4, -0.2) is 35.1 Å². The number of carbonyl (C=O) groups excluding carboxylic acids is 2. The van der Waals surface area contributed by atoms with E-state index in [-0.39, 0.29) is 17.6 Å². The minimum absolute atomic E-state index is 0.0759. The lowest BCUT2D eigenvalue weighted by Crippen LogP contribution is -2.50. The smallest absolute Gasteiger partial charge is 0.242 e. The van der Waals surface area contributed by atoms with Gasteiger partial charge in [0.1, 0.15) is 6.04 Å². The topological polar surface area (TPSA) is 49.4 Å². The Morgan fingerprint density at radius 1 is 1.06 bits per heavy atom. The lowest BCUT2D eigenvalue weighted by molar-refractivity contribution is -0.139. The first kappa shape index (κ1) is 26.6. The highest BCUT2D eigenvalue weighted by Gasteiger charge is 2.28. The Hall–Kier alpha value is -1.69. The SMILES string of the molecule is CC[C@@H](C(=O)NCC(C)C)N(Cc1ccccc1C)C(=O)CSCc1c(Cl)cccc1Cl. The number of hydrogen-bond donors (Lipinski definition) is 1. The van der Waals surface area contributed by atoms with E-state index < -0.39 is 6.04 Å². The van der Waals surface area contributed by atoms with Crippen LogP contribution in [0.3, 0.4) is 0 Å². The highest BCUT2D eigenvalue weighted by molar-refractivity contribution is 7.99. The van der Waals surface area contributed by atoms with Crippen LogP contribution in [0.15, 0.2) is 42.5 Å². The van der Waals surface area contributed by atoms with E-state index >= 15 is 0 Å². The maximum atomic E-state index is 13.3. The first-order chi connectivity index (χ1) is 15.2. The Kier molecular flexibility index (Phi) is 10.9. The van der Waals surface area contributed by atoms with Gasteiger partial charge in [-0.1, -0.05) is 74.3 Å². The van der Waals surface area contributed by atoms with Crippen molar-refractivity contribution in [1.82, 2.24) is 10.2 Å². The molecule has 0 aliphatic carbocycles. The third kappa shape index (κ3) is 7.72. The summed E-state index contributed by atoms with van der Waals surface area (Å²) in [5.41, 5.74) is 2.95. The molecule has 0 saturated carbocycles. The Morgan fingerprint density at radius 2 is 1.72 bits per heavy atom. The predicted octanol–water partition coefficient (Wildman–Crippen LogP) is 6.11. The maximum Gasteiger partial charge on any atom is 0.242 e. The molecule has 1 atom stereocenters. The highest BCUT2D eigenvalue weighted by Crippen LogP contribution is 2.28. The zero-order chi connectivity index (χ0) is 23.7. The van der Waals surface area contributed by atoms with Gasteiger partial charge in [0.05, 0.1) is 5.75 Å². The van der Waals surface area contributed by atoms with Crippen LogP contribution < -0.4 is 5.32 Å². The number of halogens is 2. The summed E-state index contributed by atoms with van der Waals surface area (Å²) in [6, 6.07) is 12.8. The molecule has 0 fully saturated rings. The van der Waals surface area contributed by atoms with Crippen LogP contribution in [0, 0.1) is 12.8 Å². The highest BCUT2D eigenvalue weighted by atomic mass is 35.5. The molecule has 32 heavy (non-hydrogen) atoms. The molecule has 0 heterocycles. The Morgan fingerprint density at radius 3 is 2.31 bits per heavy atom. The Bertz CT molecular complexity index is 900. The predicted molar refractivity (Wildman–Crippen MR) is 136 cm³/mol. The molecule has 0 saturated heterocycles. The van der Waals surface area contributed by atoms with Crippen LogP contribution in [0.5, 0.6) is 0 Å². The summed E-state index contributed by atoms with van der Waals surface area (Å²) in [5.74, 6) is 0.920. The molecule has 0 aliphatic rings. The van der Waals surface area contributed by atoms with Gasteiger partial charge in [0, 0.05) is 28.9 Å². The van der Waals surface area contributed by atoms with Gasteiger partial charge in [-0.2, -0.15) is 0 Å². The van der Waals surface area contributed by atoms with Crippen LogP contribution in [0.2, 0.25) is 10.0 Å². The number of benzene rings is 2. The van der Waals surface area contributed by atoms with E-state index in [0.717, 1.165) is 16.7 Å². The van der Waals surface area contributed by atoms with E-state index in [9.17, 15) is 9.59 Å². The van der Waals surface area contributed by atoms with E-state index in [1.807, 2.05) is 52.0 Å². The van der Waals surface area contributed by atoms with Crippen molar-refractivity contribution in [3.63, 3.8) is 0 Å². The zero-order valence-electron chi connectivity index (χ0n) is 19.2. The molecule has 0 spiro atoms. The van der Waals surface area contributed by atoms with Gasteiger partial charge < -0.3 is 10.2 Å². The van der Waals surface area contributed by atoms with Crippen LogP contribution in [-0.2, 0) is 21.9 Å². The van der Waals surface area contributed by atoms with Crippen LogP contribution >= 0.6 is 35.0 Å². The molecule has 2 aromatic rings.